The number of carbonyl (C=O) groups excluding carboxylic acids is 1. The Balaban J connectivity index is 2.11. The van der Waals surface area contributed by atoms with Gasteiger partial charge in [-0.1, -0.05) is 54.0 Å². The van der Waals surface area contributed by atoms with Gasteiger partial charge in [-0.05, 0) is 41.3 Å². The number of anilines is 1. The quantitative estimate of drug-likeness (QED) is 0.485. The summed E-state index contributed by atoms with van der Waals surface area (Å²) in [6.07, 6.45) is 1.39. The number of H-pyrrole nitrogens is 1. The number of hydrogen-bond acceptors (Lipinski definition) is 4. The molecule has 1 N–H and O–H groups in total. The van der Waals surface area contributed by atoms with Gasteiger partial charge in [0, 0.05) is 16.5 Å². The molecule has 2 aromatic carbocycles. The third kappa shape index (κ3) is 3.33. The fraction of sp³-hybridized carbons (Fsp3) is 0.200. The van der Waals surface area contributed by atoms with Crippen molar-refractivity contribution in [3.8, 4) is 11.3 Å². The molecule has 0 unspecified atom stereocenters. The van der Waals surface area contributed by atoms with E-state index in [-0.39, 0.29) is 17.9 Å². The average Bonchev–Trinajstić information content (AvgIpc) is 2.72. The second-order valence-corrected chi connectivity index (χ2v) is 8.07. The molecule has 1 aromatic heterocycles. The van der Waals surface area contributed by atoms with Gasteiger partial charge in [-0.15, -0.1) is 0 Å². The summed E-state index contributed by atoms with van der Waals surface area (Å²) < 4.78 is 1.58. The molecule has 1 aliphatic heterocycles. The van der Waals surface area contributed by atoms with Crippen LogP contribution in [0.2, 0.25) is 10.0 Å². The molecule has 6 nitrogen and oxygen atoms in total. The molecule has 1 atom stereocenters. The van der Waals surface area contributed by atoms with E-state index in [1.54, 1.807) is 34.7 Å². The second-order valence-electron chi connectivity index (χ2n) is 6.43. The summed E-state index contributed by atoms with van der Waals surface area (Å²) >= 11 is 13.9. The summed E-state index contributed by atoms with van der Waals surface area (Å²) in [6.45, 7) is 1.80. The van der Waals surface area contributed by atoms with Gasteiger partial charge >= 0.3 is 11.3 Å². The highest BCUT2D eigenvalue weighted by atomic mass is 35.5. The Morgan fingerprint density at radius 3 is 2.72 bits per heavy atom. The molecule has 0 saturated carbocycles. The molecule has 1 aliphatic rings. The van der Waals surface area contributed by atoms with Crippen LogP contribution in [0.1, 0.15) is 25.1 Å². The Labute approximate surface area is 181 Å². The molecule has 4 rings (SSSR count). The Bertz CT molecular complexity index is 1180. The monoisotopic (exact) mass is 447 g/mol. The number of benzene rings is 2. The summed E-state index contributed by atoms with van der Waals surface area (Å²) in [7, 11) is 0. The topological polar surface area (TPSA) is 69.9 Å². The van der Waals surface area contributed by atoms with Crippen molar-refractivity contribution in [3.05, 3.63) is 68.4 Å². The third-order valence-corrected chi connectivity index (χ3v) is 5.90. The number of aromatic nitrogens is 3. The first-order valence-corrected chi connectivity index (χ1v) is 10.9. The highest BCUT2D eigenvalue weighted by Gasteiger charge is 2.46. The Hall–Kier alpha value is -2.35. The molecular formula is C20H17Cl2N4O2S+. The van der Waals surface area contributed by atoms with Gasteiger partial charge in [0.1, 0.15) is 0 Å². The fourth-order valence-electron chi connectivity index (χ4n) is 3.50. The standard InChI is InChI=1S/C20H16Cl2N4O2S/c1-3-16(27)25-15-7-5-4-6-13(15)17-18(28)23-20(29-2)24-26(17)19(25)12-9-8-11(21)10-14(12)22/h4-10,19H,3H2,1-2H3/p+1/t19-/m1/s1. The van der Waals surface area contributed by atoms with Crippen LogP contribution in [0.15, 0.2) is 52.4 Å². The third-order valence-electron chi connectivity index (χ3n) is 4.76. The van der Waals surface area contributed by atoms with Crippen LogP contribution in [0.4, 0.5) is 5.69 Å². The Morgan fingerprint density at radius 2 is 2.03 bits per heavy atom. The van der Waals surface area contributed by atoms with Crippen LogP contribution in [-0.4, -0.2) is 22.2 Å². The lowest BCUT2D eigenvalue weighted by Crippen LogP contribution is -2.61. The maximum atomic E-state index is 13.1. The highest BCUT2D eigenvalue weighted by molar-refractivity contribution is 7.98. The summed E-state index contributed by atoms with van der Waals surface area (Å²) in [5.74, 6) is -0.112. The molecule has 0 saturated heterocycles. The normalized spacial score (nSPS) is 15.0. The van der Waals surface area contributed by atoms with Gasteiger partial charge < -0.3 is 0 Å². The number of hydrogen-bond donors (Lipinski definition) is 1. The first-order chi connectivity index (χ1) is 14.0. The molecular weight excluding hydrogens is 431 g/mol. The van der Waals surface area contributed by atoms with Gasteiger partial charge in [-0.3, -0.25) is 14.6 Å². The van der Waals surface area contributed by atoms with E-state index in [2.05, 4.69) is 10.1 Å². The number of amides is 1. The number of para-hydroxylation sites is 1. The van der Waals surface area contributed by atoms with Gasteiger partial charge in [0.25, 0.3) is 6.17 Å². The Kier molecular flexibility index (Phi) is 5.38. The fourth-order valence-corrected chi connectivity index (χ4v) is 4.37. The molecule has 0 bridgehead atoms. The zero-order valence-corrected chi connectivity index (χ0v) is 18.0. The number of nitrogens with zero attached hydrogens (tertiary/aromatic N) is 3. The molecule has 1 amide bonds. The van der Waals surface area contributed by atoms with Crippen molar-refractivity contribution >= 4 is 46.6 Å². The van der Waals surface area contributed by atoms with Gasteiger partial charge in [0.15, 0.2) is 0 Å². The van der Waals surface area contributed by atoms with E-state index in [0.717, 1.165) is 0 Å². The maximum absolute atomic E-state index is 13.1. The van der Waals surface area contributed by atoms with Crippen LogP contribution in [-0.2, 0) is 4.79 Å². The lowest BCUT2D eigenvalue weighted by molar-refractivity contribution is -0.763. The number of carbonyl (C=O) groups is 1. The highest BCUT2D eigenvalue weighted by Crippen LogP contribution is 2.39. The molecule has 0 spiro atoms. The molecule has 9 heteroatoms. The lowest BCUT2D eigenvalue weighted by Gasteiger charge is -2.32. The van der Waals surface area contributed by atoms with E-state index < -0.39 is 6.17 Å². The van der Waals surface area contributed by atoms with Gasteiger partial charge in [-0.25, -0.2) is 4.90 Å². The van der Waals surface area contributed by atoms with E-state index in [9.17, 15) is 9.59 Å². The van der Waals surface area contributed by atoms with E-state index in [1.807, 2.05) is 30.5 Å². The Morgan fingerprint density at radius 1 is 1.28 bits per heavy atom. The predicted octanol–water partition coefficient (Wildman–Crippen LogP) is 4.06. The van der Waals surface area contributed by atoms with Crippen LogP contribution >= 0.6 is 35.0 Å². The number of rotatable bonds is 3. The molecule has 2 heterocycles. The second kappa shape index (κ2) is 7.82. The number of fused-ring (bicyclic) bond motifs is 3. The zero-order valence-electron chi connectivity index (χ0n) is 15.6. The smallest absolute Gasteiger partial charge is 0.291 e. The van der Waals surface area contributed by atoms with Crippen molar-refractivity contribution < 1.29 is 9.48 Å². The maximum Gasteiger partial charge on any atom is 0.325 e. The van der Waals surface area contributed by atoms with E-state index >= 15 is 0 Å². The summed E-state index contributed by atoms with van der Waals surface area (Å²) in [5.41, 5.74) is 1.99. The number of aromatic amines is 1. The van der Waals surface area contributed by atoms with E-state index in [1.165, 1.54) is 11.8 Å². The largest absolute Gasteiger partial charge is 0.325 e. The number of thioether (sulfide) groups is 1. The van der Waals surface area contributed by atoms with Gasteiger partial charge in [0.05, 0.1) is 21.8 Å². The SMILES string of the molecule is CCC(=O)N1c2ccccc2-c2c(=O)[nH]c(SC)n[n+]2[C@@H]1c1ccc(Cl)cc1Cl. The van der Waals surface area contributed by atoms with E-state index in [4.69, 9.17) is 23.2 Å². The van der Waals surface area contributed by atoms with Gasteiger partial charge in [0.2, 0.25) is 11.1 Å². The molecule has 3 aromatic rings. The molecule has 148 valence electrons. The first-order valence-electron chi connectivity index (χ1n) is 8.92. The summed E-state index contributed by atoms with van der Waals surface area (Å²) in [5, 5.41) is 5.93. The van der Waals surface area contributed by atoms with E-state index in [0.29, 0.717) is 37.7 Å². The van der Waals surface area contributed by atoms with Crippen molar-refractivity contribution in [2.75, 3.05) is 11.2 Å². The predicted molar refractivity (Wildman–Crippen MR) is 115 cm³/mol. The average molecular weight is 448 g/mol. The summed E-state index contributed by atoms with van der Waals surface area (Å²) in [4.78, 5) is 30.5. The molecule has 0 radical (unpaired) electrons. The van der Waals surface area contributed by atoms with Crippen LogP contribution in [0, 0.1) is 0 Å². The lowest BCUT2D eigenvalue weighted by atomic mass is 10.0. The van der Waals surface area contributed by atoms with Crippen molar-refractivity contribution in [1.82, 2.24) is 10.1 Å². The molecule has 0 fully saturated rings. The van der Waals surface area contributed by atoms with Crippen molar-refractivity contribution in [1.29, 1.82) is 0 Å². The molecule has 0 aliphatic carbocycles. The minimum Gasteiger partial charge on any atom is -0.291 e. The zero-order chi connectivity index (χ0) is 20.7. The van der Waals surface area contributed by atoms with Crippen LogP contribution < -0.4 is 15.1 Å². The first kappa shape index (κ1) is 19.9. The minimum absolute atomic E-state index is 0.112. The number of halogens is 2. The van der Waals surface area contributed by atoms with Crippen LogP contribution in [0.3, 0.4) is 0 Å². The van der Waals surface area contributed by atoms with Crippen LogP contribution in [0.25, 0.3) is 11.3 Å². The summed E-state index contributed by atoms with van der Waals surface area (Å²) in [6, 6.07) is 12.4. The van der Waals surface area contributed by atoms with Crippen molar-refractivity contribution in [3.63, 3.8) is 0 Å². The van der Waals surface area contributed by atoms with Crippen LogP contribution in [0.5, 0.6) is 0 Å². The number of nitrogens with one attached hydrogen (secondary N) is 1. The minimum atomic E-state index is -0.717. The van der Waals surface area contributed by atoms with Crippen molar-refractivity contribution in [2.24, 2.45) is 0 Å². The molecule has 29 heavy (non-hydrogen) atoms. The van der Waals surface area contributed by atoms with Crippen molar-refractivity contribution in [2.45, 2.75) is 24.7 Å². The van der Waals surface area contributed by atoms with Gasteiger partial charge in [-0.2, -0.15) is 0 Å².